The van der Waals surface area contributed by atoms with Crippen molar-refractivity contribution in [3.63, 3.8) is 0 Å². The van der Waals surface area contributed by atoms with Crippen LogP contribution in [0.4, 0.5) is 5.69 Å². The number of rotatable bonds is 9. The van der Waals surface area contributed by atoms with Gasteiger partial charge in [0.05, 0.1) is 31.3 Å². The summed E-state index contributed by atoms with van der Waals surface area (Å²) in [5, 5.41) is 1.10. The van der Waals surface area contributed by atoms with E-state index >= 15 is 0 Å². The van der Waals surface area contributed by atoms with Gasteiger partial charge in [-0.05, 0) is 65.7 Å². The van der Waals surface area contributed by atoms with Crippen LogP contribution in [0.2, 0.25) is 0 Å². The SMILES string of the molecule is COc1cccc(CC(=O)N(Cc2cccnc2)c2ccc(OCc3ccc4ccccc4n3)cc2)c1. The molecule has 0 bridgehead atoms. The summed E-state index contributed by atoms with van der Waals surface area (Å²) in [5.74, 6) is 1.41. The number of nitrogens with zero attached hydrogens (tertiary/aromatic N) is 3. The van der Waals surface area contributed by atoms with Gasteiger partial charge in [-0.25, -0.2) is 4.98 Å². The van der Waals surface area contributed by atoms with E-state index in [0.29, 0.717) is 18.9 Å². The molecule has 3 aromatic carbocycles. The number of hydrogen-bond acceptors (Lipinski definition) is 5. The highest BCUT2D eigenvalue weighted by atomic mass is 16.5. The Hall–Kier alpha value is -4.71. The molecule has 6 heteroatoms. The minimum absolute atomic E-state index is 0.0221. The van der Waals surface area contributed by atoms with Crippen molar-refractivity contribution in [1.29, 1.82) is 0 Å². The monoisotopic (exact) mass is 489 g/mol. The summed E-state index contributed by atoms with van der Waals surface area (Å²) in [6, 6.07) is 31.0. The molecular weight excluding hydrogens is 462 g/mol. The number of amides is 1. The number of aromatic nitrogens is 2. The summed E-state index contributed by atoms with van der Waals surface area (Å²) in [6.07, 6.45) is 3.76. The van der Waals surface area contributed by atoms with Crippen LogP contribution in [0.15, 0.2) is 109 Å². The maximum absolute atomic E-state index is 13.4. The topological polar surface area (TPSA) is 64.5 Å². The Bertz CT molecular complexity index is 1490. The average molecular weight is 490 g/mol. The standard InChI is InChI=1S/C31H27N3O3/c1-36-29-9-4-6-23(18-29)19-31(35)34(21-24-7-5-17-32-20-24)27-13-15-28(16-14-27)37-22-26-12-11-25-8-2-3-10-30(25)33-26/h2-18,20H,19,21-22H2,1H3. The third-order valence-electron chi connectivity index (χ3n) is 6.05. The van der Waals surface area contributed by atoms with Crippen LogP contribution in [0.5, 0.6) is 11.5 Å². The Morgan fingerprint density at radius 3 is 2.49 bits per heavy atom. The molecule has 0 aliphatic carbocycles. The molecule has 6 nitrogen and oxygen atoms in total. The molecule has 0 aliphatic heterocycles. The van der Waals surface area contributed by atoms with Crippen molar-refractivity contribution in [2.24, 2.45) is 0 Å². The molecule has 0 radical (unpaired) electrons. The van der Waals surface area contributed by atoms with Crippen molar-refractivity contribution < 1.29 is 14.3 Å². The number of fused-ring (bicyclic) bond motifs is 1. The summed E-state index contributed by atoms with van der Waals surface area (Å²) in [4.78, 5) is 24.1. The molecule has 0 N–H and O–H groups in total. The Balaban J connectivity index is 1.31. The lowest BCUT2D eigenvalue weighted by Gasteiger charge is -2.23. The number of pyridine rings is 2. The van der Waals surface area contributed by atoms with E-state index in [2.05, 4.69) is 9.97 Å². The lowest BCUT2D eigenvalue weighted by atomic mass is 10.1. The van der Waals surface area contributed by atoms with Crippen molar-refractivity contribution in [1.82, 2.24) is 9.97 Å². The number of hydrogen-bond donors (Lipinski definition) is 0. The molecule has 0 spiro atoms. The van der Waals surface area contributed by atoms with E-state index in [-0.39, 0.29) is 12.3 Å². The number of carbonyl (C=O) groups is 1. The zero-order chi connectivity index (χ0) is 25.5. The first-order valence-electron chi connectivity index (χ1n) is 12.1. The first kappa shape index (κ1) is 24.0. The van der Waals surface area contributed by atoms with E-state index in [1.54, 1.807) is 24.4 Å². The second-order valence-corrected chi connectivity index (χ2v) is 8.65. The van der Waals surface area contributed by atoms with Gasteiger partial charge in [-0.1, -0.05) is 42.5 Å². The van der Waals surface area contributed by atoms with Crippen LogP contribution in [-0.2, 0) is 24.4 Å². The molecule has 0 saturated carbocycles. The van der Waals surface area contributed by atoms with Gasteiger partial charge in [0.1, 0.15) is 18.1 Å². The third kappa shape index (κ3) is 6.11. The Morgan fingerprint density at radius 2 is 1.68 bits per heavy atom. The molecule has 0 atom stereocenters. The Labute approximate surface area is 216 Å². The minimum atomic E-state index is -0.0221. The lowest BCUT2D eigenvalue weighted by molar-refractivity contribution is -0.118. The zero-order valence-corrected chi connectivity index (χ0v) is 20.6. The molecule has 5 rings (SSSR count). The van der Waals surface area contributed by atoms with Crippen LogP contribution < -0.4 is 14.4 Å². The molecule has 2 heterocycles. The molecule has 5 aromatic rings. The summed E-state index contributed by atoms with van der Waals surface area (Å²) in [5.41, 5.74) is 4.43. The van der Waals surface area contributed by atoms with Crippen LogP contribution in [0.25, 0.3) is 10.9 Å². The van der Waals surface area contributed by atoms with E-state index in [4.69, 9.17) is 9.47 Å². The maximum atomic E-state index is 13.4. The van der Waals surface area contributed by atoms with Crippen LogP contribution in [-0.4, -0.2) is 23.0 Å². The quantitative estimate of drug-likeness (QED) is 0.254. The third-order valence-corrected chi connectivity index (χ3v) is 6.05. The normalized spacial score (nSPS) is 10.7. The van der Waals surface area contributed by atoms with Crippen LogP contribution >= 0.6 is 0 Å². The number of para-hydroxylation sites is 1. The highest BCUT2D eigenvalue weighted by Gasteiger charge is 2.18. The average Bonchev–Trinajstić information content (AvgIpc) is 2.95. The fourth-order valence-electron chi connectivity index (χ4n) is 4.12. The molecular formula is C31H27N3O3. The smallest absolute Gasteiger partial charge is 0.231 e. The largest absolute Gasteiger partial charge is 0.497 e. The molecule has 0 fully saturated rings. The molecule has 0 aliphatic rings. The van der Waals surface area contributed by atoms with Crippen molar-refractivity contribution in [2.75, 3.05) is 12.0 Å². The second kappa shape index (κ2) is 11.4. The molecule has 0 saturated heterocycles. The Kier molecular flexibility index (Phi) is 7.36. The first-order chi connectivity index (χ1) is 18.2. The predicted octanol–water partition coefficient (Wildman–Crippen LogP) is 5.99. The molecule has 37 heavy (non-hydrogen) atoms. The highest BCUT2D eigenvalue weighted by Crippen LogP contribution is 2.24. The van der Waals surface area contributed by atoms with Crippen LogP contribution in [0.3, 0.4) is 0 Å². The van der Waals surface area contributed by atoms with Gasteiger partial charge < -0.3 is 14.4 Å². The molecule has 1 amide bonds. The second-order valence-electron chi connectivity index (χ2n) is 8.65. The number of benzene rings is 3. The van der Waals surface area contributed by atoms with Gasteiger partial charge >= 0.3 is 0 Å². The number of carbonyl (C=O) groups excluding carboxylic acids is 1. The van der Waals surface area contributed by atoms with Crippen LogP contribution in [0, 0.1) is 0 Å². The van der Waals surface area contributed by atoms with Crippen molar-refractivity contribution >= 4 is 22.5 Å². The van der Waals surface area contributed by atoms with Gasteiger partial charge in [-0.2, -0.15) is 0 Å². The van der Waals surface area contributed by atoms with Gasteiger partial charge in [0.25, 0.3) is 0 Å². The van der Waals surface area contributed by atoms with E-state index in [1.165, 1.54) is 0 Å². The van der Waals surface area contributed by atoms with Gasteiger partial charge in [0.2, 0.25) is 5.91 Å². The summed E-state index contributed by atoms with van der Waals surface area (Å²) in [7, 11) is 1.62. The molecule has 184 valence electrons. The summed E-state index contributed by atoms with van der Waals surface area (Å²) in [6.45, 7) is 0.774. The van der Waals surface area contributed by atoms with Gasteiger partial charge in [0.15, 0.2) is 0 Å². The molecule has 2 aromatic heterocycles. The van der Waals surface area contributed by atoms with Gasteiger partial charge in [0, 0.05) is 23.5 Å². The fourth-order valence-corrected chi connectivity index (χ4v) is 4.12. The first-order valence-corrected chi connectivity index (χ1v) is 12.1. The summed E-state index contributed by atoms with van der Waals surface area (Å²) >= 11 is 0. The van der Waals surface area contributed by atoms with E-state index in [9.17, 15) is 4.79 Å². The van der Waals surface area contributed by atoms with Crippen molar-refractivity contribution in [3.05, 3.63) is 126 Å². The van der Waals surface area contributed by atoms with Crippen molar-refractivity contribution in [3.8, 4) is 11.5 Å². The minimum Gasteiger partial charge on any atom is -0.497 e. The van der Waals surface area contributed by atoms with Crippen LogP contribution in [0.1, 0.15) is 16.8 Å². The predicted molar refractivity (Wildman–Crippen MR) is 145 cm³/mol. The van der Waals surface area contributed by atoms with Crippen molar-refractivity contribution in [2.45, 2.75) is 19.6 Å². The maximum Gasteiger partial charge on any atom is 0.231 e. The summed E-state index contributed by atoms with van der Waals surface area (Å²) < 4.78 is 11.3. The van der Waals surface area contributed by atoms with E-state index < -0.39 is 0 Å². The highest BCUT2D eigenvalue weighted by molar-refractivity contribution is 5.94. The number of anilines is 1. The lowest BCUT2D eigenvalue weighted by Crippen LogP contribution is -2.31. The zero-order valence-electron chi connectivity index (χ0n) is 20.6. The Morgan fingerprint density at radius 1 is 0.838 bits per heavy atom. The number of methoxy groups -OCH3 is 1. The molecule has 0 unspecified atom stereocenters. The van der Waals surface area contributed by atoms with E-state index in [1.807, 2.05) is 97.1 Å². The number of ether oxygens (including phenoxy) is 2. The fraction of sp³-hybridized carbons (Fsp3) is 0.129. The van der Waals surface area contributed by atoms with Gasteiger partial charge in [-0.15, -0.1) is 0 Å². The van der Waals surface area contributed by atoms with Gasteiger partial charge in [-0.3, -0.25) is 9.78 Å². The van der Waals surface area contributed by atoms with E-state index in [0.717, 1.165) is 39.2 Å².